The lowest BCUT2D eigenvalue weighted by Gasteiger charge is -2.14. The van der Waals surface area contributed by atoms with Crippen LogP contribution in [-0.4, -0.2) is 16.0 Å². The summed E-state index contributed by atoms with van der Waals surface area (Å²) in [4.78, 5) is 26.2. The average molecular weight is 506 g/mol. The Hall–Kier alpha value is -2.87. The molecule has 4 nitrogen and oxygen atoms in total. The second kappa shape index (κ2) is 9.95. The van der Waals surface area contributed by atoms with E-state index in [9.17, 15) is 18.4 Å². The van der Waals surface area contributed by atoms with Crippen molar-refractivity contribution in [2.45, 2.75) is 13.2 Å². The number of halogens is 4. The average Bonchev–Trinajstić information content (AvgIpc) is 3.04. The van der Waals surface area contributed by atoms with Gasteiger partial charge >= 0.3 is 0 Å². The molecule has 4 rings (SSSR count). The first-order valence-electron chi connectivity index (χ1n) is 9.67. The van der Waals surface area contributed by atoms with Gasteiger partial charge in [-0.15, -0.1) is 0 Å². The molecule has 1 heterocycles. The van der Waals surface area contributed by atoms with Crippen LogP contribution in [0.5, 0.6) is 5.75 Å². The zero-order valence-corrected chi connectivity index (χ0v) is 19.2. The summed E-state index contributed by atoms with van der Waals surface area (Å²) in [6.45, 7) is -0.290. The number of benzene rings is 3. The van der Waals surface area contributed by atoms with Gasteiger partial charge < -0.3 is 4.74 Å². The van der Waals surface area contributed by atoms with Gasteiger partial charge in [-0.05, 0) is 59.8 Å². The largest absolute Gasteiger partial charge is 0.489 e. The molecule has 0 atom stereocenters. The molecule has 0 bridgehead atoms. The van der Waals surface area contributed by atoms with Crippen LogP contribution < -0.4 is 4.74 Å². The molecule has 3 aromatic carbocycles. The lowest BCUT2D eigenvalue weighted by Crippen LogP contribution is -2.28. The minimum atomic E-state index is -0.585. The van der Waals surface area contributed by atoms with E-state index < -0.39 is 22.8 Å². The number of hydrogen-bond acceptors (Lipinski definition) is 4. The van der Waals surface area contributed by atoms with E-state index in [4.69, 9.17) is 27.9 Å². The Kier molecular flexibility index (Phi) is 7.02. The summed E-state index contributed by atoms with van der Waals surface area (Å²) in [6, 6.07) is 15.3. The maximum absolute atomic E-state index is 14.1. The van der Waals surface area contributed by atoms with Crippen molar-refractivity contribution in [1.82, 2.24) is 4.90 Å². The molecule has 1 aliphatic rings. The smallest absolute Gasteiger partial charge is 0.293 e. The second-order valence-electron chi connectivity index (χ2n) is 7.03. The van der Waals surface area contributed by atoms with E-state index in [-0.39, 0.29) is 39.2 Å². The van der Waals surface area contributed by atoms with Gasteiger partial charge in [0.2, 0.25) is 0 Å². The van der Waals surface area contributed by atoms with Crippen LogP contribution in [0.25, 0.3) is 6.08 Å². The van der Waals surface area contributed by atoms with Crippen molar-refractivity contribution in [1.29, 1.82) is 0 Å². The molecule has 0 saturated carbocycles. The molecule has 9 heteroatoms. The maximum Gasteiger partial charge on any atom is 0.293 e. The number of ether oxygens (including phenoxy) is 1. The second-order valence-corrected chi connectivity index (χ2v) is 8.83. The molecule has 1 aliphatic heterocycles. The highest BCUT2D eigenvalue weighted by atomic mass is 35.5. The molecule has 0 aromatic heterocycles. The van der Waals surface area contributed by atoms with E-state index in [0.717, 1.165) is 16.7 Å². The molecule has 168 valence electrons. The number of nitrogens with zero attached hydrogens (tertiary/aromatic N) is 1. The number of hydrogen-bond donors (Lipinski definition) is 0. The lowest BCUT2D eigenvalue weighted by molar-refractivity contribution is -0.123. The minimum Gasteiger partial charge on any atom is -0.489 e. The number of carbonyl (C=O) groups excluding carboxylic acids is 2. The molecule has 0 aliphatic carbocycles. The Balaban J connectivity index is 1.44. The summed E-state index contributed by atoms with van der Waals surface area (Å²) in [5.41, 5.74) is 0.992. The monoisotopic (exact) mass is 505 g/mol. The van der Waals surface area contributed by atoms with Crippen LogP contribution in [0.1, 0.15) is 16.7 Å². The van der Waals surface area contributed by atoms with Crippen molar-refractivity contribution in [2.24, 2.45) is 0 Å². The summed E-state index contributed by atoms with van der Waals surface area (Å²) in [5, 5.41) is -0.0865. The van der Waals surface area contributed by atoms with E-state index in [0.29, 0.717) is 11.3 Å². The fraction of sp³-hybridized carbons (Fsp3) is 0.0833. The number of imide groups is 1. The van der Waals surface area contributed by atoms with Crippen LogP contribution in [0, 0.1) is 11.6 Å². The SMILES string of the molecule is O=C1S/C(=C\c2ccc(OCc3c(F)cccc3Cl)cc2)C(=O)N1Cc1c(F)cccc1Cl. The predicted octanol–water partition coefficient (Wildman–Crippen LogP) is 7.09. The van der Waals surface area contributed by atoms with Gasteiger partial charge in [0.05, 0.1) is 16.5 Å². The lowest BCUT2D eigenvalue weighted by atomic mass is 10.2. The Labute approximate surface area is 202 Å². The first-order chi connectivity index (χ1) is 15.8. The van der Waals surface area contributed by atoms with Crippen LogP contribution in [0.3, 0.4) is 0 Å². The molecule has 0 spiro atoms. The van der Waals surface area contributed by atoms with Crippen molar-refractivity contribution >= 4 is 52.2 Å². The Morgan fingerprint density at radius 2 is 1.48 bits per heavy atom. The third kappa shape index (κ3) is 5.21. The van der Waals surface area contributed by atoms with Gasteiger partial charge in [0, 0.05) is 16.1 Å². The van der Waals surface area contributed by atoms with Crippen LogP contribution in [0.2, 0.25) is 10.0 Å². The fourth-order valence-electron chi connectivity index (χ4n) is 3.12. The van der Waals surface area contributed by atoms with Gasteiger partial charge in [-0.1, -0.05) is 47.5 Å². The topological polar surface area (TPSA) is 46.6 Å². The van der Waals surface area contributed by atoms with E-state index in [1.54, 1.807) is 36.4 Å². The molecule has 33 heavy (non-hydrogen) atoms. The summed E-state index contributed by atoms with van der Waals surface area (Å²) in [7, 11) is 0. The Morgan fingerprint density at radius 3 is 2.09 bits per heavy atom. The number of rotatable bonds is 6. The first-order valence-corrected chi connectivity index (χ1v) is 11.2. The third-order valence-electron chi connectivity index (χ3n) is 4.87. The highest BCUT2D eigenvalue weighted by molar-refractivity contribution is 8.18. The molecule has 0 radical (unpaired) electrons. The highest BCUT2D eigenvalue weighted by Crippen LogP contribution is 2.35. The summed E-state index contributed by atoms with van der Waals surface area (Å²) < 4.78 is 33.5. The van der Waals surface area contributed by atoms with Crippen molar-refractivity contribution < 1.29 is 23.1 Å². The zero-order chi connectivity index (χ0) is 23.5. The van der Waals surface area contributed by atoms with Gasteiger partial charge in [-0.25, -0.2) is 8.78 Å². The van der Waals surface area contributed by atoms with E-state index in [1.807, 2.05) is 0 Å². The number of thioether (sulfide) groups is 1. The molecule has 3 aromatic rings. The van der Waals surface area contributed by atoms with Gasteiger partial charge in [-0.2, -0.15) is 0 Å². The molecular formula is C24H15Cl2F2NO3S. The van der Waals surface area contributed by atoms with Gasteiger partial charge in [-0.3, -0.25) is 14.5 Å². The molecule has 0 N–H and O–H groups in total. The summed E-state index contributed by atoms with van der Waals surface area (Å²) in [6.07, 6.45) is 1.56. The fourth-order valence-corrected chi connectivity index (χ4v) is 4.39. The van der Waals surface area contributed by atoms with Crippen molar-refractivity contribution in [3.63, 3.8) is 0 Å². The first kappa shape index (κ1) is 23.3. The van der Waals surface area contributed by atoms with Gasteiger partial charge in [0.25, 0.3) is 11.1 Å². The van der Waals surface area contributed by atoms with Gasteiger partial charge in [0.1, 0.15) is 24.0 Å². The van der Waals surface area contributed by atoms with E-state index in [2.05, 4.69) is 0 Å². The van der Waals surface area contributed by atoms with Crippen molar-refractivity contribution in [3.05, 3.63) is 104 Å². The predicted molar refractivity (Wildman–Crippen MR) is 125 cm³/mol. The number of carbonyl (C=O) groups is 2. The maximum atomic E-state index is 14.1. The van der Waals surface area contributed by atoms with Crippen LogP contribution in [0.4, 0.5) is 13.6 Å². The number of amides is 2. The standard InChI is InChI=1S/C24H15Cl2F2NO3S/c25-18-3-1-5-20(27)16(18)12-29-23(30)22(33-24(29)31)11-14-7-9-15(10-8-14)32-13-17-19(26)4-2-6-21(17)28/h1-11H,12-13H2/b22-11-. The third-order valence-corrected chi connectivity index (χ3v) is 6.49. The quantitative estimate of drug-likeness (QED) is 0.335. The Morgan fingerprint density at radius 1 is 0.879 bits per heavy atom. The summed E-state index contributed by atoms with van der Waals surface area (Å²) >= 11 is 12.8. The van der Waals surface area contributed by atoms with Crippen molar-refractivity contribution in [3.8, 4) is 5.75 Å². The van der Waals surface area contributed by atoms with E-state index >= 15 is 0 Å². The molecule has 1 saturated heterocycles. The van der Waals surface area contributed by atoms with Crippen molar-refractivity contribution in [2.75, 3.05) is 0 Å². The van der Waals surface area contributed by atoms with Crippen LogP contribution >= 0.6 is 35.0 Å². The highest BCUT2D eigenvalue weighted by Gasteiger charge is 2.35. The van der Waals surface area contributed by atoms with Gasteiger partial charge in [0.15, 0.2) is 0 Å². The molecule has 1 fully saturated rings. The van der Waals surface area contributed by atoms with Crippen LogP contribution in [0.15, 0.2) is 65.6 Å². The normalized spacial score (nSPS) is 14.9. The minimum absolute atomic E-state index is 0.0393. The molecule has 2 amide bonds. The Bertz CT molecular complexity index is 1220. The molecule has 0 unspecified atom stereocenters. The zero-order valence-electron chi connectivity index (χ0n) is 16.9. The molecular weight excluding hydrogens is 491 g/mol. The van der Waals surface area contributed by atoms with Crippen LogP contribution in [-0.2, 0) is 17.9 Å². The summed E-state index contributed by atoms with van der Waals surface area (Å²) in [5.74, 6) is -1.09. The van der Waals surface area contributed by atoms with E-state index in [1.165, 1.54) is 30.3 Å².